The molecule has 0 bridgehead atoms. The van der Waals surface area contributed by atoms with Gasteiger partial charge in [-0.3, -0.25) is 4.79 Å². The van der Waals surface area contributed by atoms with Crippen LogP contribution in [0.5, 0.6) is 5.75 Å². The fraction of sp³-hybridized carbons (Fsp3) is 0.462. The van der Waals surface area contributed by atoms with Crippen LogP contribution in [0.4, 0.5) is 13.2 Å². The third kappa shape index (κ3) is 3.75. The molecule has 1 aromatic rings. The Morgan fingerprint density at radius 1 is 1.39 bits per heavy atom. The van der Waals surface area contributed by atoms with E-state index in [0.29, 0.717) is 6.29 Å². The molecule has 2 nitrogen and oxygen atoms in total. The summed E-state index contributed by atoms with van der Waals surface area (Å²) in [6.45, 7) is 4.06. The largest absolute Gasteiger partial charge is 0.493 e. The summed E-state index contributed by atoms with van der Waals surface area (Å²) in [5.74, 6) is -0.0507. The highest BCUT2D eigenvalue weighted by molar-refractivity contribution is 5.75. The second-order valence-corrected chi connectivity index (χ2v) is 4.20. The van der Waals surface area contributed by atoms with Gasteiger partial charge < -0.3 is 4.74 Å². The highest BCUT2D eigenvalue weighted by Gasteiger charge is 2.34. The highest BCUT2D eigenvalue weighted by Crippen LogP contribution is 2.36. The predicted octanol–water partition coefficient (Wildman–Crippen LogP) is 3.94. The number of carbonyl (C=O) groups excluding carboxylic acids is 1. The van der Waals surface area contributed by atoms with E-state index in [1.165, 1.54) is 12.1 Å². The van der Waals surface area contributed by atoms with Crippen LogP contribution in [0.15, 0.2) is 18.2 Å². The molecule has 18 heavy (non-hydrogen) atoms. The average molecular weight is 260 g/mol. The van der Waals surface area contributed by atoms with Gasteiger partial charge in [0.05, 0.1) is 12.2 Å². The van der Waals surface area contributed by atoms with Crippen LogP contribution in [0.2, 0.25) is 0 Å². The first-order valence-corrected chi connectivity index (χ1v) is 5.67. The van der Waals surface area contributed by atoms with Crippen molar-refractivity contribution in [1.82, 2.24) is 0 Å². The number of ether oxygens (including phenoxy) is 1. The van der Waals surface area contributed by atoms with Crippen LogP contribution in [-0.2, 0) is 6.18 Å². The molecule has 1 rings (SSSR count). The van der Waals surface area contributed by atoms with E-state index in [0.717, 1.165) is 12.5 Å². The molecule has 1 unspecified atom stereocenters. The minimum absolute atomic E-state index is 0.0155. The van der Waals surface area contributed by atoms with Crippen LogP contribution < -0.4 is 4.74 Å². The van der Waals surface area contributed by atoms with Crippen molar-refractivity contribution in [2.45, 2.75) is 26.4 Å². The van der Waals surface area contributed by atoms with Crippen molar-refractivity contribution in [3.05, 3.63) is 29.3 Å². The third-order valence-corrected chi connectivity index (χ3v) is 2.67. The van der Waals surface area contributed by atoms with Gasteiger partial charge in [0.25, 0.3) is 0 Å². The van der Waals surface area contributed by atoms with Crippen molar-refractivity contribution in [3.63, 3.8) is 0 Å². The lowest BCUT2D eigenvalue weighted by atomic mass is 10.1. The molecule has 0 aliphatic carbocycles. The van der Waals surface area contributed by atoms with Crippen LogP contribution in [0.25, 0.3) is 0 Å². The lowest BCUT2D eigenvalue weighted by Crippen LogP contribution is -2.13. The Morgan fingerprint density at radius 2 is 2.06 bits per heavy atom. The van der Waals surface area contributed by atoms with Gasteiger partial charge in [0, 0.05) is 5.56 Å². The standard InChI is InChI=1S/C13H15F3O2/c1-3-9(2)8-18-12-5-4-10(7-17)6-11(12)13(14,15)16/h4-7,9H,3,8H2,1-2H3. The van der Waals surface area contributed by atoms with Gasteiger partial charge in [-0.25, -0.2) is 0 Å². The molecule has 0 aliphatic heterocycles. The van der Waals surface area contributed by atoms with E-state index in [2.05, 4.69) is 0 Å². The van der Waals surface area contributed by atoms with Crippen molar-refractivity contribution < 1.29 is 22.7 Å². The Bertz CT molecular complexity index is 413. The van der Waals surface area contributed by atoms with Crippen molar-refractivity contribution in [1.29, 1.82) is 0 Å². The second-order valence-electron chi connectivity index (χ2n) is 4.20. The lowest BCUT2D eigenvalue weighted by molar-refractivity contribution is -0.139. The molecule has 1 aromatic carbocycles. The third-order valence-electron chi connectivity index (χ3n) is 2.67. The van der Waals surface area contributed by atoms with E-state index in [1.54, 1.807) is 0 Å². The summed E-state index contributed by atoms with van der Waals surface area (Å²) in [5.41, 5.74) is -0.923. The Labute approximate surface area is 104 Å². The Morgan fingerprint density at radius 3 is 2.56 bits per heavy atom. The number of rotatable bonds is 5. The monoisotopic (exact) mass is 260 g/mol. The summed E-state index contributed by atoms with van der Waals surface area (Å²) in [4.78, 5) is 10.5. The van der Waals surface area contributed by atoms with Crippen molar-refractivity contribution in [2.75, 3.05) is 6.61 Å². The minimum atomic E-state index is -4.52. The van der Waals surface area contributed by atoms with Crippen LogP contribution in [-0.4, -0.2) is 12.9 Å². The zero-order valence-electron chi connectivity index (χ0n) is 10.3. The molecule has 5 heteroatoms. The van der Waals surface area contributed by atoms with Crippen molar-refractivity contribution in [2.24, 2.45) is 5.92 Å². The maximum atomic E-state index is 12.8. The molecule has 0 N–H and O–H groups in total. The second kappa shape index (κ2) is 5.89. The van der Waals surface area contributed by atoms with Gasteiger partial charge in [0.15, 0.2) is 0 Å². The summed E-state index contributed by atoms with van der Waals surface area (Å²) >= 11 is 0. The number of hydrogen-bond acceptors (Lipinski definition) is 2. The minimum Gasteiger partial charge on any atom is -0.493 e. The van der Waals surface area contributed by atoms with E-state index in [1.807, 2.05) is 13.8 Å². The van der Waals surface area contributed by atoms with Crippen LogP contribution in [0, 0.1) is 5.92 Å². The quantitative estimate of drug-likeness (QED) is 0.749. The first kappa shape index (κ1) is 14.5. The average Bonchev–Trinajstić information content (AvgIpc) is 2.34. The summed E-state index contributed by atoms with van der Waals surface area (Å²) in [6, 6.07) is 3.31. The molecule has 0 aromatic heterocycles. The van der Waals surface area contributed by atoms with Gasteiger partial charge in [-0.2, -0.15) is 13.2 Å². The topological polar surface area (TPSA) is 26.3 Å². The molecule has 0 heterocycles. The molecule has 100 valence electrons. The van der Waals surface area contributed by atoms with E-state index < -0.39 is 11.7 Å². The summed E-state index contributed by atoms with van der Waals surface area (Å²) < 4.78 is 43.5. The number of halogens is 3. The van der Waals surface area contributed by atoms with E-state index in [9.17, 15) is 18.0 Å². The zero-order chi connectivity index (χ0) is 13.8. The van der Waals surface area contributed by atoms with Crippen molar-refractivity contribution >= 4 is 6.29 Å². The summed E-state index contributed by atoms with van der Waals surface area (Å²) in [7, 11) is 0. The van der Waals surface area contributed by atoms with Crippen molar-refractivity contribution in [3.8, 4) is 5.75 Å². The van der Waals surface area contributed by atoms with Gasteiger partial charge in [0.2, 0.25) is 0 Å². The number of alkyl halides is 3. The zero-order valence-corrected chi connectivity index (χ0v) is 10.3. The Kier molecular flexibility index (Phi) is 4.76. The first-order valence-electron chi connectivity index (χ1n) is 5.67. The van der Waals surface area contributed by atoms with Gasteiger partial charge >= 0.3 is 6.18 Å². The van der Waals surface area contributed by atoms with Gasteiger partial charge in [-0.15, -0.1) is 0 Å². The van der Waals surface area contributed by atoms with E-state index in [-0.39, 0.29) is 23.8 Å². The molecule has 0 radical (unpaired) electrons. The van der Waals surface area contributed by atoms with Gasteiger partial charge in [-0.05, 0) is 24.1 Å². The highest BCUT2D eigenvalue weighted by atomic mass is 19.4. The fourth-order valence-corrected chi connectivity index (χ4v) is 1.32. The van der Waals surface area contributed by atoms with E-state index >= 15 is 0 Å². The maximum absolute atomic E-state index is 12.8. The SMILES string of the molecule is CCC(C)COc1ccc(C=O)cc1C(F)(F)F. The normalized spacial score (nSPS) is 13.2. The van der Waals surface area contributed by atoms with E-state index in [4.69, 9.17) is 4.74 Å². The van der Waals surface area contributed by atoms with Crippen LogP contribution in [0.3, 0.4) is 0 Å². The Balaban J connectivity index is 2.99. The first-order chi connectivity index (χ1) is 8.38. The number of carbonyl (C=O) groups is 1. The van der Waals surface area contributed by atoms with Gasteiger partial charge in [-0.1, -0.05) is 20.3 Å². The predicted molar refractivity (Wildman–Crippen MR) is 61.8 cm³/mol. The molecule has 1 atom stereocenters. The molecule has 0 amide bonds. The molecule has 0 saturated heterocycles. The maximum Gasteiger partial charge on any atom is 0.419 e. The number of hydrogen-bond donors (Lipinski definition) is 0. The van der Waals surface area contributed by atoms with Crippen LogP contribution in [0.1, 0.15) is 36.2 Å². The molecule has 0 spiro atoms. The van der Waals surface area contributed by atoms with Crippen LogP contribution >= 0.6 is 0 Å². The van der Waals surface area contributed by atoms with Gasteiger partial charge in [0.1, 0.15) is 12.0 Å². The lowest BCUT2D eigenvalue weighted by Gasteiger charge is -2.16. The molecule has 0 aliphatic rings. The molecule has 0 saturated carbocycles. The smallest absolute Gasteiger partial charge is 0.419 e. The summed E-state index contributed by atoms with van der Waals surface area (Å²) in [6.07, 6.45) is -3.31. The fourth-order valence-electron chi connectivity index (χ4n) is 1.32. The molecule has 0 fully saturated rings. The number of aldehydes is 1. The molecular weight excluding hydrogens is 245 g/mol. The Hall–Kier alpha value is -1.52. The summed E-state index contributed by atoms with van der Waals surface area (Å²) in [5, 5.41) is 0. The molecular formula is C13H15F3O2. The number of benzene rings is 1.